The first-order valence-corrected chi connectivity index (χ1v) is 11.4. The molecule has 0 aromatic heterocycles. The number of fused-ring (bicyclic) bond motifs is 4. The van der Waals surface area contributed by atoms with Crippen LogP contribution in [0.1, 0.15) is 5.56 Å². The van der Waals surface area contributed by atoms with Gasteiger partial charge in [-0.1, -0.05) is 60.2 Å². The molecule has 6 heteroatoms. The number of nitrogens with zero attached hydrogens (tertiary/aromatic N) is 1. The van der Waals surface area contributed by atoms with Gasteiger partial charge in [-0.3, -0.25) is 9.10 Å². The molecule has 31 heavy (non-hydrogen) atoms. The Morgan fingerprint density at radius 2 is 1.58 bits per heavy atom. The van der Waals surface area contributed by atoms with Crippen LogP contribution in [0.25, 0.3) is 21.9 Å². The molecule has 0 atom stereocenters. The third-order valence-corrected chi connectivity index (χ3v) is 7.30. The predicted molar refractivity (Wildman–Crippen MR) is 124 cm³/mol. The minimum atomic E-state index is -3.86. The molecule has 1 heterocycles. The predicted octanol–water partition coefficient (Wildman–Crippen LogP) is 4.96. The van der Waals surface area contributed by atoms with E-state index in [0.717, 1.165) is 21.9 Å². The summed E-state index contributed by atoms with van der Waals surface area (Å²) in [7, 11) is -3.86. The Bertz CT molecular complexity index is 1440. The summed E-state index contributed by atoms with van der Waals surface area (Å²) in [6.45, 7) is 1.66. The lowest BCUT2D eigenvalue weighted by molar-refractivity contribution is -0.114. The number of carbonyl (C=O) groups is 1. The van der Waals surface area contributed by atoms with Crippen LogP contribution < -0.4 is 9.62 Å². The fourth-order valence-corrected chi connectivity index (χ4v) is 5.66. The maximum atomic E-state index is 13.4. The molecule has 0 saturated heterocycles. The largest absolute Gasteiger partial charge is 0.324 e. The van der Waals surface area contributed by atoms with Crippen molar-refractivity contribution in [3.63, 3.8) is 0 Å². The first-order chi connectivity index (χ1) is 14.9. The average molecular weight is 429 g/mol. The van der Waals surface area contributed by atoms with Gasteiger partial charge in [0.1, 0.15) is 6.54 Å². The fraction of sp³-hybridized carbons (Fsp3) is 0.0800. The average Bonchev–Trinajstić information content (AvgIpc) is 2.77. The number of sulfonamides is 1. The van der Waals surface area contributed by atoms with Gasteiger partial charge in [-0.25, -0.2) is 8.42 Å². The Morgan fingerprint density at radius 1 is 0.839 bits per heavy atom. The number of benzene rings is 4. The van der Waals surface area contributed by atoms with E-state index in [2.05, 4.69) is 5.32 Å². The van der Waals surface area contributed by atoms with Gasteiger partial charge in [-0.15, -0.1) is 0 Å². The minimum absolute atomic E-state index is 0.214. The lowest BCUT2D eigenvalue weighted by Crippen LogP contribution is -2.40. The molecule has 1 aliphatic heterocycles. The highest BCUT2D eigenvalue weighted by Crippen LogP contribution is 2.43. The van der Waals surface area contributed by atoms with E-state index in [1.54, 1.807) is 24.3 Å². The molecule has 1 N–H and O–H groups in total. The van der Waals surface area contributed by atoms with Crippen molar-refractivity contribution >= 4 is 38.1 Å². The zero-order valence-corrected chi connectivity index (χ0v) is 17.7. The molecule has 0 unspecified atom stereocenters. The molecule has 154 valence electrons. The third-order valence-electron chi connectivity index (χ3n) is 5.49. The van der Waals surface area contributed by atoms with E-state index >= 15 is 0 Å². The summed E-state index contributed by atoms with van der Waals surface area (Å²) in [4.78, 5) is 13.1. The van der Waals surface area contributed by atoms with Crippen LogP contribution in [0.15, 0.2) is 89.8 Å². The van der Waals surface area contributed by atoms with Crippen molar-refractivity contribution in [1.82, 2.24) is 0 Å². The van der Waals surface area contributed by atoms with E-state index in [-0.39, 0.29) is 11.4 Å². The summed E-state index contributed by atoms with van der Waals surface area (Å²) >= 11 is 0. The summed E-state index contributed by atoms with van der Waals surface area (Å²) in [5.41, 5.74) is 3.63. The first-order valence-electron chi connectivity index (χ1n) is 9.95. The van der Waals surface area contributed by atoms with Crippen molar-refractivity contribution in [2.24, 2.45) is 0 Å². The van der Waals surface area contributed by atoms with Crippen LogP contribution in [0.2, 0.25) is 0 Å². The molecule has 0 saturated carbocycles. The first kappa shape index (κ1) is 19.3. The number of carbonyl (C=O) groups excluding carboxylic acids is 1. The summed E-state index contributed by atoms with van der Waals surface area (Å²) in [6.07, 6.45) is 0. The molecule has 4 aromatic carbocycles. The van der Waals surface area contributed by atoms with Gasteiger partial charge in [0.05, 0.1) is 10.6 Å². The van der Waals surface area contributed by atoms with Gasteiger partial charge in [-0.2, -0.15) is 0 Å². The topological polar surface area (TPSA) is 66.5 Å². The maximum Gasteiger partial charge on any atom is 0.265 e. The van der Waals surface area contributed by atoms with Gasteiger partial charge >= 0.3 is 0 Å². The maximum absolute atomic E-state index is 13.4. The van der Waals surface area contributed by atoms with Crippen molar-refractivity contribution in [1.29, 1.82) is 0 Å². The number of aryl methyl sites for hydroxylation is 1. The minimum Gasteiger partial charge on any atom is -0.324 e. The van der Waals surface area contributed by atoms with Crippen molar-refractivity contribution in [3.8, 4) is 11.1 Å². The van der Waals surface area contributed by atoms with Crippen LogP contribution in [-0.2, 0) is 14.8 Å². The second-order valence-electron chi connectivity index (χ2n) is 7.64. The molecule has 0 fully saturated rings. The summed E-state index contributed by atoms with van der Waals surface area (Å²) in [6, 6.07) is 26.0. The monoisotopic (exact) mass is 428 g/mol. The van der Waals surface area contributed by atoms with Gasteiger partial charge in [-0.05, 0) is 48.0 Å². The summed E-state index contributed by atoms with van der Waals surface area (Å²) in [5, 5.41) is 4.91. The molecule has 5 nitrogen and oxygen atoms in total. The van der Waals surface area contributed by atoms with E-state index in [0.29, 0.717) is 16.9 Å². The van der Waals surface area contributed by atoms with E-state index in [9.17, 15) is 13.2 Å². The Labute approximate surface area is 181 Å². The van der Waals surface area contributed by atoms with Crippen molar-refractivity contribution in [2.75, 3.05) is 16.2 Å². The number of anilines is 2. The van der Waals surface area contributed by atoms with Crippen molar-refractivity contribution in [3.05, 3.63) is 90.5 Å². The molecule has 5 rings (SSSR count). The molecule has 0 radical (unpaired) electrons. The molecule has 1 amide bonds. The zero-order valence-electron chi connectivity index (χ0n) is 16.9. The Balaban J connectivity index is 1.50. The number of hydrogen-bond acceptors (Lipinski definition) is 3. The van der Waals surface area contributed by atoms with Crippen molar-refractivity contribution in [2.45, 2.75) is 11.8 Å². The quantitative estimate of drug-likeness (QED) is 0.501. The highest BCUT2D eigenvalue weighted by molar-refractivity contribution is 7.93. The molecular weight excluding hydrogens is 408 g/mol. The molecule has 1 aliphatic rings. The Morgan fingerprint density at radius 3 is 2.42 bits per heavy atom. The van der Waals surface area contributed by atoms with E-state index in [1.807, 2.05) is 67.6 Å². The highest BCUT2D eigenvalue weighted by atomic mass is 32.2. The zero-order chi connectivity index (χ0) is 21.6. The number of amides is 1. The summed E-state index contributed by atoms with van der Waals surface area (Å²) < 4.78 is 27.9. The van der Waals surface area contributed by atoms with Crippen LogP contribution in [0, 0.1) is 6.92 Å². The molecule has 0 spiro atoms. The van der Waals surface area contributed by atoms with Gasteiger partial charge in [0, 0.05) is 16.8 Å². The number of nitrogens with one attached hydrogen (secondary N) is 1. The lowest BCUT2D eigenvalue weighted by atomic mass is 10.0. The normalized spacial score (nSPS) is 14.0. The molecule has 4 aromatic rings. The van der Waals surface area contributed by atoms with Crippen LogP contribution >= 0.6 is 0 Å². The van der Waals surface area contributed by atoms with Crippen LogP contribution in [0.4, 0.5) is 11.4 Å². The Hall–Kier alpha value is -3.64. The fourth-order valence-electron chi connectivity index (χ4n) is 4.01. The smallest absolute Gasteiger partial charge is 0.265 e. The third kappa shape index (κ3) is 3.35. The van der Waals surface area contributed by atoms with Gasteiger partial charge in [0.25, 0.3) is 10.0 Å². The molecule has 0 aliphatic carbocycles. The van der Waals surface area contributed by atoms with E-state index in [1.165, 1.54) is 4.31 Å². The molecular formula is C25H20N2O3S. The van der Waals surface area contributed by atoms with E-state index < -0.39 is 15.9 Å². The Kier molecular flexibility index (Phi) is 4.52. The SMILES string of the molecule is Cc1ccc2c(c1)-c1ccccc1S(=O)(=O)N2CC(=O)Nc1ccc2ccccc2c1. The standard InChI is InChI=1S/C25H20N2O3S/c1-17-10-13-23-22(14-17)21-8-4-5-9-24(21)31(29,30)27(23)16-25(28)26-20-12-11-18-6-2-3-7-19(18)15-20/h2-15H,16H2,1H3,(H,26,28). The summed E-state index contributed by atoms with van der Waals surface area (Å²) in [5.74, 6) is -0.398. The van der Waals surface area contributed by atoms with Crippen LogP contribution in [0.3, 0.4) is 0 Å². The van der Waals surface area contributed by atoms with Gasteiger partial charge in [0.15, 0.2) is 0 Å². The van der Waals surface area contributed by atoms with Crippen LogP contribution in [-0.4, -0.2) is 20.9 Å². The van der Waals surface area contributed by atoms with Gasteiger partial charge < -0.3 is 5.32 Å². The van der Waals surface area contributed by atoms with Gasteiger partial charge in [0.2, 0.25) is 5.91 Å². The van der Waals surface area contributed by atoms with Crippen LogP contribution in [0.5, 0.6) is 0 Å². The highest BCUT2D eigenvalue weighted by Gasteiger charge is 2.35. The lowest BCUT2D eigenvalue weighted by Gasteiger charge is -2.31. The second-order valence-corrected chi connectivity index (χ2v) is 9.47. The second kappa shape index (κ2) is 7.25. The van der Waals surface area contributed by atoms with Crippen molar-refractivity contribution < 1.29 is 13.2 Å². The number of hydrogen-bond donors (Lipinski definition) is 1. The number of rotatable bonds is 3. The molecule has 0 bridgehead atoms. The van der Waals surface area contributed by atoms with E-state index in [4.69, 9.17) is 0 Å².